The van der Waals surface area contributed by atoms with Crippen LogP contribution in [0.15, 0.2) is 72.8 Å². The van der Waals surface area contributed by atoms with Crippen molar-refractivity contribution in [2.45, 2.75) is 25.4 Å². The van der Waals surface area contributed by atoms with E-state index in [1.54, 1.807) is 12.1 Å². The number of likely N-dealkylation sites (tertiary alicyclic amines) is 1. The number of amides is 4. The SMILES string of the molecule is O=C(Nc1ccccc1)N[C@H](Cc1ccccc1)N1C(=O)[C@@H]2[C@H](C1=O)[C@H]1C=C[C@H]2CC1. The number of hydrogen-bond acceptors (Lipinski definition) is 3. The summed E-state index contributed by atoms with van der Waals surface area (Å²) in [6.07, 6.45) is 5.72. The second-order valence-corrected chi connectivity index (χ2v) is 8.56. The number of imide groups is 1. The number of para-hydroxylation sites is 1. The van der Waals surface area contributed by atoms with E-state index in [1.165, 1.54) is 4.90 Å². The third-order valence-electron chi connectivity index (χ3n) is 6.71. The molecule has 0 aromatic heterocycles. The fourth-order valence-corrected chi connectivity index (χ4v) is 5.29. The number of urea groups is 1. The first-order chi connectivity index (χ1) is 15.1. The number of allylic oxidation sites excluding steroid dienone is 2. The molecular weight excluding hydrogens is 390 g/mol. The summed E-state index contributed by atoms with van der Waals surface area (Å²) in [5.41, 5.74) is 1.59. The van der Waals surface area contributed by atoms with Gasteiger partial charge >= 0.3 is 6.03 Å². The van der Waals surface area contributed by atoms with E-state index in [9.17, 15) is 14.4 Å². The van der Waals surface area contributed by atoms with Gasteiger partial charge in [-0.05, 0) is 42.4 Å². The number of rotatable bonds is 5. The van der Waals surface area contributed by atoms with E-state index in [2.05, 4.69) is 22.8 Å². The minimum absolute atomic E-state index is 0.118. The van der Waals surface area contributed by atoms with Crippen LogP contribution >= 0.6 is 0 Å². The Hall–Kier alpha value is -3.41. The average molecular weight is 415 g/mol. The van der Waals surface area contributed by atoms with Crippen LogP contribution < -0.4 is 10.6 Å². The maximum absolute atomic E-state index is 13.4. The molecule has 0 unspecified atom stereocenters. The summed E-state index contributed by atoms with van der Waals surface area (Å²) < 4.78 is 0. The Morgan fingerprint density at radius 1 is 0.871 bits per heavy atom. The van der Waals surface area contributed by atoms with Gasteiger partial charge in [0.25, 0.3) is 0 Å². The van der Waals surface area contributed by atoms with E-state index in [1.807, 2.05) is 48.5 Å². The van der Waals surface area contributed by atoms with Crippen molar-refractivity contribution >= 4 is 23.5 Å². The van der Waals surface area contributed by atoms with Crippen molar-refractivity contribution in [3.8, 4) is 0 Å². The molecule has 6 nitrogen and oxygen atoms in total. The molecule has 6 heteroatoms. The van der Waals surface area contributed by atoms with Gasteiger partial charge in [-0.1, -0.05) is 60.7 Å². The van der Waals surface area contributed by atoms with Gasteiger partial charge in [-0.15, -0.1) is 0 Å². The first-order valence-electron chi connectivity index (χ1n) is 10.8. The molecule has 2 bridgehead atoms. The number of hydrogen-bond donors (Lipinski definition) is 2. The maximum Gasteiger partial charge on any atom is 0.320 e. The molecule has 1 aliphatic heterocycles. The van der Waals surface area contributed by atoms with Crippen LogP contribution in [0, 0.1) is 23.7 Å². The van der Waals surface area contributed by atoms with Crippen molar-refractivity contribution in [1.29, 1.82) is 0 Å². The quantitative estimate of drug-likeness (QED) is 0.579. The molecule has 2 aromatic carbocycles. The van der Waals surface area contributed by atoms with Gasteiger partial charge in [0.05, 0.1) is 11.8 Å². The molecule has 1 saturated heterocycles. The number of carbonyl (C=O) groups excluding carboxylic acids is 3. The highest BCUT2D eigenvalue weighted by atomic mass is 16.2. The van der Waals surface area contributed by atoms with Crippen molar-refractivity contribution in [2.24, 2.45) is 23.7 Å². The lowest BCUT2D eigenvalue weighted by molar-refractivity contribution is -0.143. The Morgan fingerprint density at radius 2 is 1.42 bits per heavy atom. The summed E-state index contributed by atoms with van der Waals surface area (Å²) in [5, 5.41) is 5.68. The zero-order chi connectivity index (χ0) is 21.4. The molecule has 2 aromatic rings. The van der Waals surface area contributed by atoms with Crippen LogP contribution in [0.25, 0.3) is 0 Å². The van der Waals surface area contributed by atoms with E-state index in [-0.39, 0.29) is 35.5 Å². The molecule has 2 fully saturated rings. The molecule has 5 atom stereocenters. The topological polar surface area (TPSA) is 78.5 Å². The van der Waals surface area contributed by atoms with Crippen LogP contribution in [0.4, 0.5) is 10.5 Å². The molecular formula is C25H25N3O3. The monoisotopic (exact) mass is 415 g/mol. The van der Waals surface area contributed by atoms with E-state index in [4.69, 9.17) is 0 Å². The maximum atomic E-state index is 13.4. The van der Waals surface area contributed by atoms with Crippen molar-refractivity contribution in [1.82, 2.24) is 10.2 Å². The molecule has 1 saturated carbocycles. The molecule has 0 spiro atoms. The van der Waals surface area contributed by atoms with E-state index in [0.717, 1.165) is 18.4 Å². The summed E-state index contributed by atoms with van der Waals surface area (Å²) in [7, 11) is 0. The minimum Gasteiger partial charge on any atom is -0.317 e. The molecule has 6 rings (SSSR count). The van der Waals surface area contributed by atoms with Crippen molar-refractivity contribution in [3.05, 3.63) is 78.4 Å². The predicted molar refractivity (Wildman–Crippen MR) is 117 cm³/mol. The summed E-state index contributed by atoms with van der Waals surface area (Å²) >= 11 is 0. The highest BCUT2D eigenvalue weighted by Gasteiger charge is 2.58. The van der Waals surface area contributed by atoms with Crippen LogP contribution in [-0.4, -0.2) is 28.9 Å². The highest BCUT2D eigenvalue weighted by molar-refractivity contribution is 6.06. The lowest BCUT2D eigenvalue weighted by Gasteiger charge is -2.38. The van der Waals surface area contributed by atoms with Gasteiger partial charge in [0.2, 0.25) is 11.8 Å². The van der Waals surface area contributed by atoms with Crippen LogP contribution in [0.3, 0.4) is 0 Å². The van der Waals surface area contributed by atoms with Gasteiger partial charge in [0.1, 0.15) is 6.17 Å². The normalized spacial score (nSPS) is 27.2. The predicted octanol–water partition coefficient (Wildman–Crippen LogP) is 3.57. The van der Waals surface area contributed by atoms with Gasteiger partial charge in [0, 0.05) is 12.1 Å². The molecule has 1 heterocycles. The van der Waals surface area contributed by atoms with Crippen LogP contribution in [0.2, 0.25) is 0 Å². The first kappa shape index (κ1) is 19.5. The van der Waals surface area contributed by atoms with Crippen LogP contribution in [0.1, 0.15) is 18.4 Å². The lowest BCUT2D eigenvalue weighted by atomic mass is 9.63. The van der Waals surface area contributed by atoms with E-state index >= 15 is 0 Å². The van der Waals surface area contributed by atoms with Gasteiger partial charge in [0.15, 0.2) is 0 Å². The molecule has 4 aliphatic rings. The van der Waals surface area contributed by atoms with Crippen LogP contribution in [-0.2, 0) is 16.0 Å². The molecule has 2 N–H and O–H groups in total. The number of nitrogens with one attached hydrogen (secondary N) is 2. The standard InChI is InChI=1S/C25H25N3O3/c29-23-21-17-11-12-18(14-13-17)22(21)24(30)28(23)20(15-16-7-3-1-4-8-16)27-25(31)26-19-9-5-2-6-10-19/h1-12,17-18,20-22H,13-15H2,(H2,26,27,31)/t17-,18-,20-,21-,22+/m0/s1. The van der Waals surface area contributed by atoms with Crippen molar-refractivity contribution in [3.63, 3.8) is 0 Å². The summed E-state index contributed by atoms with van der Waals surface area (Å²) in [6, 6.07) is 18.3. The molecule has 158 valence electrons. The number of carbonyl (C=O) groups is 3. The third-order valence-corrected chi connectivity index (χ3v) is 6.71. The number of benzene rings is 2. The van der Waals surface area contributed by atoms with E-state index < -0.39 is 12.2 Å². The summed E-state index contributed by atoms with van der Waals surface area (Å²) in [6.45, 7) is 0. The smallest absolute Gasteiger partial charge is 0.317 e. The van der Waals surface area contributed by atoms with Gasteiger partial charge in [-0.3, -0.25) is 14.5 Å². The minimum atomic E-state index is -0.740. The van der Waals surface area contributed by atoms with Gasteiger partial charge in [-0.25, -0.2) is 4.79 Å². The van der Waals surface area contributed by atoms with Crippen molar-refractivity contribution < 1.29 is 14.4 Å². The summed E-state index contributed by atoms with van der Waals surface area (Å²) in [5.74, 6) is -0.675. The highest BCUT2D eigenvalue weighted by Crippen LogP contribution is 2.49. The number of fused-ring (bicyclic) bond motifs is 1. The second kappa shape index (κ2) is 8.02. The average Bonchev–Trinajstić information content (AvgIpc) is 3.08. The molecule has 3 aliphatic carbocycles. The number of anilines is 1. The lowest BCUT2D eigenvalue weighted by Crippen LogP contribution is -2.53. The summed E-state index contributed by atoms with van der Waals surface area (Å²) in [4.78, 5) is 40.9. The van der Waals surface area contributed by atoms with Crippen LogP contribution in [0.5, 0.6) is 0 Å². The third kappa shape index (κ3) is 3.63. The van der Waals surface area contributed by atoms with Gasteiger partial charge < -0.3 is 10.6 Å². The Kier molecular flexibility index (Phi) is 5.06. The first-order valence-corrected chi connectivity index (χ1v) is 10.8. The number of nitrogens with zero attached hydrogens (tertiary/aromatic N) is 1. The molecule has 0 radical (unpaired) electrons. The van der Waals surface area contributed by atoms with Gasteiger partial charge in [-0.2, -0.15) is 0 Å². The Bertz CT molecular complexity index is 989. The fourth-order valence-electron chi connectivity index (χ4n) is 5.29. The molecule has 31 heavy (non-hydrogen) atoms. The Labute approximate surface area is 181 Å². The Balaban J connectivity index is 1.41. The molecule has 4 amide bonds. The zero-order valence-electron chi connectivity index (χ0n) is 17.1. The Morgan fingerprint density at radius 3 is 1.97 bits per heavy atom. The van der Waals surface area contributed by atoms with E-state index in [0.29, 0.717) is 12.1 Å². The fraction of sp³-hybridized carbons (Fsp3) is 0.320. The zero-order valence-corrected chi connectivity index (χ0v) is 17.1. The largest absolute Gasteiger partial charge is 0.320 e. The second-order valence-electron chi connectivity index (χ2n) is 8.56. The van der Waals surface area contributed by atoms with Crippen molar-refractivity contribution in [2.75, 3.05) is 5.32 Å².